The van der Waals surface area contributed by atoms with Crippen molar-refractivity contribution in [3.8, 4) is 0 Å². The van der Waals surface area contributed by atoms with E-state index in [9.17, 15) is 0 Å². The Kier molecular flexibility index (Phi) is 9.13. The quantitative estimate of drug-likeness (QED) is 0.378. The smallest absolute Gasteiger partial charge is 0.0576 e. The van der Waals surface area contributed by atoms with Crippen LogP contribution in [0, 0.1) is 0 Å². The summed E-state index contributed by atoms with van der Waals surface area (Å²) >= 11 is 0. The van der Waals surface area contributed by atoms with Gasteiger partial charge < -0.3 is 27.7 Å². The van der Waals surface area contributed by atoms with E-state index in [-0.39, 0.29) is 12.2 Å². The van der Waals surface area contributed by atoms with Gasteiger partial charge in [-0.15, -0.1) is 0 Å². The monoisotopic (exact) mass is 398 g/mol. The molecule has 0 saturated carbocycles. The maximum absolute atomic E-state index is 6.42. The molecule has 2 aromatic rings. The molecule has 0 aromatic heterocycles. The van der Waals surface area contributed by atoms with Gasteiger partial charge in [0.05, 0.1) is 12.2 Å². The highest BCUT2D eigenvalue weighted by Gasteiger charge is 2.14. The fourth-order valence-electron chi connectivity index (χ4n) is 3.73. The van der Waals surface area contributed by atoms with Crippen molar-refractivity contribution in [2.24, 2.45) is 0 Å². The first-order chi connectivity index (χ1) is 13.9. The third-order valence-electron chi connectivity index (χ3n) is 5.58. The minimum Gasteiger partial charge on any atom is -0.399 e. The van der Waals surface area contributed by atoms with E-state index in [4.69, 9.17) is 27.7 Å². The maximum Gasteiger partial charge on any atom is 0.0576 e. The second-order valence-electron chi connectivity index (χ2n) is 7.90. The van der Waals surface area contributed by atoms with E-state index in [2.05, 4.69) is 13.8 Å². The van der Waals surface area contributed by atoms with Gasteiger partial charge in [0.25, 0.3) is 0 Å². The summed E-state index contributed by atoms with van der Waals surface area (Å²) < 4.78 is 6.42. The summed E-state index contributed by atoms with van der Waals surface area (Å²) in [4.78, 5) is 0. The second kappa shape index (κ2) is 11.6. The standard InChI is InChI=1S/C24H38N4O/c1-3-21(9-5-7-17-11-13-19(25)15-23(17)27)29-22(4-2)10-6-8-18-12-14-20(26)16-24(18)28/h11-16,21-22H,3-10,25-28H2,1-2H3. The molecule has 8 N–H and O–H groups in total. The molecule has 0 heterocycles. The van der Waals surface area contributed by atoms with E-state index in [1.54, 1.807) is 0 Å². The van der Waals surface area contributed by atoms with Crippen LogP contribution in [-0.2, 0) is 17.6 Å². The first-order valence-electron chi connectivity index (χ1n) is 10.9. The van der Waals surface area contributed by atoms with E-state index in [1.807, 2.05) is 36.4 Å². The lowest BCUT2D eigenvalue weighted by atomic mass is 10.0. The number of ether oxygens (including phenoxy) is 1. The Labute approximate surface area is 175 Å². The molecule has 5 heteroatoms. The molecule has 5 nitrogen and oxygen atoms in total. The van der Waals surface area contributed by atoms with Crippen molar-refractivity contribution in [3.63, 3.8) is 0 Å². The molecule has 0 radical (unpaired) electrons. The molecule has 0 aliphatic carbocycles. The van der Waals surface area contributed by atoms with Gasteiger partial charge in [0.15, 0.2) is 0 Å². The predicted molar refractivity (Wildman–Crippen MR) is 126 cm³/mol. The molecule has 0 bridgehead atoms. The Balaban J connectivity index is 1.76. The number of aryl methyl sites for hydroxylation is 2. The van der Waals surface area contributed by atoms with Crippen LogP contribution in [0.25, 0.3) is 0 Å². The number of rotatable bonds is 12. The van der Waals surface area contributed by atoms with Crippen molar-refractivity contribution in [1.29, 1.82) is 0 Å². The Bertz CT molecular complexity index is 699. The van der Waals surface area contributed by atoms with Crippen molar-refractivity contribution in [3.05, 3.63) is 47.5 Å². The normalized spacial score (nSPS) is 13.3. The van der Waals surface area contributed by atoms with Crippen LogP contribution in [0.5, 0.6) is 0 Å². The van der Waals surface area contributed by atoms with Gasteiger partial charge in [-0.1, -0.05) is 26.0 Å². The van der Waals surface area contributed by atoms with Crippen molar-refractivity contribution in [2.75, 3.05) is 22.9 Å². The van der Waals surface area contributed by atoms with Gasteiger partial charge in [0.2, 0.25) is 0 Å². The largest absolute Gasteiger partial charge is 0.399 e. The third kappa shape index (κ3) is 7.50. The summed E-state index contributed by atoms with van der Waals surface area (Å²) in [7, 11) is 0. The lowest BCUT2D eigenvalue weighted by Crippen LogP contribution is -2.22. The van der Waals surface area contributed by atoms with Crippen molar-refractivity contribution >= 4 is 22.7 Å². The number of hydrogen-bond donors (Lipinski definition) is 4. The van der Waals surface area contributed by atoms with E-state index in [0.717, 1.165) is 62.7 Å². The van der Waals surface area contributed by atoms with Gasteiger partial charge in [-0.25, -0.2) is 0 Å². The average Bonchev–Trinajstić information content (AvgIpc) is 2.69. The van der Waals surface area contributed by atoms with Crippen molar-refractivity contribution < 1.29 is 4.74 Å². The Morgan fingerprint density at radius 3 is 1.45 bits per heavy atom. The average molecular weight is 399 g/mol. The highest BCUT2D eigenvalue weighted by molar-refractivity contribution is 5.57. The molecule has 2 atom stereocenters. The minimum absolute atomic E-state index is 0.288. The van der Waals surface area contributed by atoms with Crippen LogP contribution >= 0.6 is 0 Å². The molecule has 0 aliphatic rings. The van der Waals surface area contributed by atoms with E-state index in [1.165, 1.54) is 11.1 Å². The SMILES string of the molecule is CCC(CCCc1ccc(N)cc1N)OC(CC)CCCc1ccc(N)cc1N. The predicted octanol–water partition coefficient (Wildman–Crippen LogP) is 4.93. The van der Waals surface area contributed by atoms with Gasteiger partial charge in [-0.3, -0.25) is 0 Å². The van der Waals surface area contributed by atoms with Gasteiger partial charge in [0.1, 0.15) is 0 Å². The number of nitrogen functional groups attached to an aromatic ring is 4. The molecule has 160 valence electrons. The third-order valence-corrected chi connectivity index (χ3v) is 5.58. The molecular formula is C24H38N4O. The number of anilines is 4. The summed E-state index contributed by atoms with van der Waals surface area (Å²) in [6.45, 7) is 4.40. The molecule has 0 fully saturated rings. The summed E-state index contributed by atoms with van der Waals surface area (Å²) in [5.41, 5.74) is 29.0. The first-order valence-corrected chi connectivity index (χ1v) is 10.9. The van der Waals surface area contributed by atoms with Gasteiger partial charge in [-0.05, 0) is 86.8 Å². The summed E-state index contributed by atoms with van der Waals surface area (Å²) in [5.74, 6) is 0. The lowest BCUT2D eigenvalue weighted by Gasteiger charge is -2.24. The highest BCUT2D eigenvalue weighted by Crippen LogP contribution is 2.22. The van der Waals surface area contributed by atoms with Crippen LogP contribution in [0.2, 0.25) is 0 Å². The molecular weight excluding hydrogens is 360 g/mol. The van der Waals surface area contributed by atoms with E-state index >= 15 is 0 Å². The molecule has 0 saturated heterocycles. The lowest BCUT2D eigenvalue weighted by molar-refractivity contribution is -0.0251. The molecule has 2 aromatic carbocycles. The van der Waals surface area contributed by atoms with Gasteiger partial charge in [-0.2, -0.15) is 0 Å². The zero-order valence-corrected chi connectivity index (χ0v) is 18.0. The topological polar surface area (TPSA) is 113 Å². The summed E-state index contributed by atoms with van der Waals surface area (Å²) in [5, 5.41) is 0. The maximum atomic E-state index is 6.42. The van der Waals surface area contributed by atoms with Crippen LogP contribution in [0.3, 0.4) is 0 Å². The molecule has 0 amide bonds. The van der Waals surface area contributed by atoms with E-state index < -0.39 is 0 Å². The van der Waals surface area contributed by atoms with Crippen molar-refractivity contribution in [2.45, 2.75) is 77.4 Å². The molecule has 2 unspecified atom stereocenters. The number of nitrogens with two attached hydrogens (primary N) is 4. The number of benzene rings is 2. The Morgan fingerprint density at radius 1 is 0.690 bits per heavy atom. The first kappa shape index (κ1) is 22.9. The van der Waals surface area contributed by atoms with Gasteiger partial charge in [0, 0.05) is 22.7 Å². The fourth-order valence-corrected chi connectivity index (χ4v) is 3.73. The molecule has 2 rings (SSSR count). The van der Waals surface area contributed by atoms with Crippen LogP contribution in [-0.4, -0.2) is 12.2 Å². The van der Waals surface area contributed by atoms with Crippen molar-refractivity contribution in [1.82, 2.24) is 0 Å². The summed E-state index contributed by atoms with van der Waals surface area (Å²) in [6.07, 6.45) is 8.75. The van der Waals surface area contributed by atoms with Crippen LogP contribution in [0.15, 0.2) is 36.4 Å². The highest BCUT2D eigenvalue weighted by atomic mass is 16.5. The van der Waals surface area contributed by atoms with Crippen LogP contribution in [0.4, 0.5) is 22.7 Å². The molecule has 0 aliphatic heterocycles. The molecule has 29 heavy (non-hydrogen) atoms. The fraction of sp³-hybridized carbons (Fsp3) is 0.500. The van der Waals surface area contributed by atoms with Gasteiger partial charge >= 0.3 is 0 Å². The van der Waals surface area contributed by atoms with Crippen LogP contribution in [0.1, 0.15) is 63.5 Å². The Hall–Kier alpha value is -2.40. The minimum atomic E-state index is 0.288. The zero-order chi connectivity index (χ0) is 21.2. The Morgan fingerprint density at radius 2 is 1.10 bits per heavy atom. The van der Waals surface area contributed by atoms with E-state index in [0.29, 0.717) is 11.4 Å². The van der Waals surface area contributed by atoms with Crippen LogP contribution < -0.4 is 22.9 Å². The molecule has 0 spiro atoms. The summed E-state index contributed by atoms with van der Waals surface area (Å²) in [6, 6.07) is 11.6. The second-order valence-corrected chi connectivity index (χ2v) is 7.90. The number of hydrogen-bond acceptors (Lipinski definition) is 5. The zero-order valence-electron chi connectivity index (χ0n) is 18.0.